The maximum absolute atomic E-state index is 11.1. The Labute approximate surface area is 191 Å². The van der Waals surface area contributed by atoms with E-state index in [2.05, 4.69) is 41.5 Å². The lowest BCUT2D eigenvalue weighted by Crippen LogP contribution is -2.57. The van der Waals surface area contributed by atoms with Gasteiger partial charge in [0.2, 0.25) is 0 Å². The highest BCUT2D eigenvalue weighted by Gasteiger charge is 2.61. The SMILES string of the molecule is CC(C)[C@H](C)C[C@H](O)[C@H](C)C1CCC2C3CC[C@@H]4C[C@@H](O)[C@@H](O)C[C@]4(C)C3CCC21C. The summed E-state index contributed by atoms with van der Waals surface area (Å²) in [4.78, 5) is 0. The molecule has 0 aliphatic heterocycles. The molecular weight excluding hydrogens is 384 g/mol. The quantitative estimate of drug-likeness (QED) is 0.523. The molecule has 3 heteroatoms. The summed E-state index contributed by atoms with van der Waals surface area (Å²) in [6, 6.07) is 0. The maximum Gasteiger partial charge on any atom is 0.0804 e. The van der Waals surface area contributed by atoms with Crippen LogP contribution in [-0.4, -0.2) is 33.6 Å². The lowest BCUT2D eigenvalue weighted by Gasteiger charge is -2.61. The molecule has 3 nitrogen and oxygen atoms in total. The van der Waals surface area contributed by atoms with Crippen molar-refractivity contribution in [2.24, 2.45) is 58.2 Å². The number of fused-ring (bicyclic) bond motifs is 5. The molecule has 0 aromatic heterocycles. The molecule has 31 heavy (non-hydrogen) atoms. The van der Waals surface area contributed by atoms with Crippen molar-refractivity contribution in [1.29, 1.82) is 0 Å². The molecule has 4 saturated carbocycles. The fourth-order valence-corrected chi connectivity index (χ4v) is 9.32. The molecule has 0 spiro atoms. The van der Waals surface area contributed by atoms with Crippen LogP contribution in [0.5, 0.6) is 0 Å². The summed E-state index contributed by atoms with van der Waals surface area (Å²) < 4.78 is 0. The van der Waals surface area contributed by atoms with E-state index in [0.717, 1.165) is 31.1 Å². The second-order valence-electron chi connectivity index (χ2n) is 13.3. The Kier molecular flexibility index (Phi) is 6.65. The summed E-state index contributed by atoms with van der Waals surface area (Å²) in [6.45, 7) is 14.2. The molecule has 0 aromatic carbocycles. The summed E-state index contributed by atoms with van der Waals surface area (Å²) in [5.74, 6) is 5.04. The molecule has 4 rings (SSSR count). The molecule has 0 aromatic rings. The van der Waals surface area contributed by atoms with Gasteiger partial charge in [0.1, 0.15) is 0 Å². The molecular formula is C28H50O3. The Morgan fingerprint density at radius 3 is 2.19 bits per heavy atom. The van der Waals surface area contributed by atoms with E-state index in [4.69, 9.17) is 0 Å². The first-order valence-corrected chi connectivity index (χ1v) is 13.5. The second-order valence-corrected chi connectivity index (χ2v) is 13.3. The fraction of sp³-hybridized carbons (Fsp3) is 1.00. The predicted octanol–water partition coefficient (Wildman–Crippen LogP) is 5.66. The molecule has 3 N–H and O–H groups in total. The van der Waals surface area contributed by atoms with Crippen molar-refractivity contribution in [1.82, 2.24) is 0 Å². The van der Waals surface area contributed by atoms with Crippen molar-refractivity contribution in [2.75, 3.05) is 0 Å². The Morgan fingerprint density at radius 1 is 0.839 bits per heavy atom. The average molecular weight is 435 g/mol. The van der Waals surface area contributed by atoms with E-state index in [1.54, 1.807) is 0 Å². The van der Waals surface area contributed by atoms with Crippen molar-refractivity contribution in [3.63, 3.8) is 0 Å². The predicted molar refractivity (Wildman–Crippen MR) is 126 cm³/mol. The van der Waals surface area contributed by atoms with Gasteiger partial charge >= 0.3 is 0 Å². The molecule has 4 fully saturated rings. The van der Waals surface area contributed by atoms with Gasteiger partial charge in [-0.2, -0.15) is 0 Å². The molecule has 5 unspecified atom stereocenters. The van der Waals surface area contributed by atoms with Crippen LogP contribution < -0.4 is 0 Å². The van der Waals surface area contributed by atoms with E-state index in [9.17, 15) is 15.3 Å². The van der Waals surface area contributed by atoms with E-state index in [-0.39, 0.29) is 11.5 Å². The van der Waals surface area contributed by atoms with Crippen LogP contribution in [0.15, 0.2) is 0 Å². The largest absolute Gasteiger partial charge is 0.393 e. The van der Waals surface area contributed by atoms with Crippen LogP contribution in [0.1, 0.15) is 99.3 Å². The zero-order valence-electron chi connectivity index (χ0n) is 21.1. The summed E-state index contributed by atoms with van der Waals surface area (Å²) in [5, 5.41) is 31.9. The smallest absolute Gasteiger partial charge is 0.0804 e. The van der Waals surface area contributed by atoms with E-state index < -0.39 is 12.2 Å². The molecule has 4 aliphatic rings. The Hall–Kier alpha value is -0.120. The van der Waals surface area contributed by atoms with Gasteiger partial charge < -0.3 is 15.3 Å². The van der Waals surface area contributed by atoms with Crippen LogP contribution in [0.2, 0.25) is 0 Å². The van der Waals surface area contributed by atoms with Gasteiger partial charge in [-0.25, -0.2) is 0 Å². The molecule has 4 aliphatic carbocycles. The molecule has 0 amide bonds. The van der Waals surface area contributed by atoms with Gasteiger partial charge in [-0.1, -0.05) is 41.5 Å². The minimum Gasteiger partial charge on any atom is -0.393 e. The lowest BCUT2D eigenvalue weighted by molar-refractivity contribution is -0.162. The first-order chi connectivity index (χ1) is 14.5. The summed E-state index contributed by atoms with van der Waals surface area (Å²) >= 11 is 0. The van der Waals surface area contributed by atoms with Crippen molar-refractivity contribution in [3.05, 3.63) is 0 Å². The topological polar surface area (TPSA) is 60.7 Å². The fourth-order valence-electron chi connectivity index (χ4n) is 9.32. The van der Waals surface area contributed by atoms with Gasteiger partial charge in [-0.15, -0.1) is 0 Å². The molecule has 180 valence electrons. The monoisotopic (exact) mass is 434 g/mol. The minimum atomic E-state index is -0.539. The average Bonchev–Trinajstić information content (AvgIpc) is 3.05. The van der Waals surface area contributed by atoms with Gasteiger partial charge in [0.05, 0.1) is 18.3 Å². The summed E-state index contributed by atoms with van der Waals surface area (Å²) in [5.41, 5.74) is 0.553. The van der Waals surface area contributed by atoms with Crippen molar-refractivity contribution in [2.45, 2.75) is 118 Å². The molecule has 0 heterocycles. The number of aliphatic hydroxyl groups excluding tert-OH is 3. The highest BCUT2D eigenvalue weighted by Crippen LogP contribution is 2.68. The highest BCUT2D eigenvalue weighted by molar-refractivity contribution is 5.10. The van der Waals surface area contributed by atoms with E-state index in [1.807, 2.05) is 0 Å². The zero-order valence-corrected chi connectivity index (χ0v) is 21.1. The standard InChI is InChI=1S/C28H50O3/c1-16(2)17(3)13-24(29)18(4)21-9-10-22-20-8-7-19-14-25(30)26(31)15-28(19,6)23(20)11-12-27(21,22)5/h16-26,29-31H,7-15H2,1-6H3/t17-,18-,19-,20?,21?,22?,23?,24+,25-,26+,27?,28+/m1/s1. The molecule has 12 atom stereocenters. The van der Waals surface area contributed by atoms with Crippen LogP contribution in [0.25, 0.3) is 0 Å². The van der Waals surface area contributed by atoms with Crippen LogP contribution in [0.4, 0.5) is 0 Å². The Balaban J connectivity index is 1.50. The first-order valence-electron chi connectivity index (χ1n) is 13.5. The van der Waals surface area contributed by atoms with E-state index >= 15 is 0 Å². The third-order valence-corrected chi connectivity index (χ3v) is 11.8. The van der Waals surface area contributed by atoms with Crippen molar-refractivity contribution < 1.29 is 15.3 Å². The van der Waals surface area contributed by atoms with Gasteiger partial charge in [0.15, 0.2) is 0 Å². The van der Waals surface area contributed by atoms with Gasteiger partial charge in [0.25, 0.3) is 0 Å². The van der Waals surface area contributed by atoms with Gasteiger partial charge in [-0.3, -0.25) is 0 Å². The minimum absolute atomic E-state index is 0.182. The number of hydrogen-bond acceptors (Lipinski definition) is 3. The number of hydrogen-bond donors (Lipinski definition) is 3. The molecule has 0 bridgehead atoms. The number of rotatable bonds is 5. The maximum atomic E-state index is 11.1. The molecule has 0 saturated heterocycles. The Morgan fingerprint density at radius 2 is 1.52 bits per heavy atom. The van der Waals surface area contributed by atoms with Crippen LogP contribution in [-0.2, 0) is 0 Å². The number of aliphatic hydroxyl groups is 3. The van der Waals surface area contributed by atoms with Gasteiger partial charge in [-0.05, 0) is 116 Å². The first kappa shape index (κ1) is 24.0. The second kappa shape index (κ2) is 8.58. The van der Waals surface area contributed by atoms with Crippen molar-refractivity contribution in [3.8, 4) is 0 Å². The highest BCUT2D eigenvalue weighted by atomic mass is 16.3. The normalized spacial score (nSPS) is 50.3. The van der Waals surface area contributed by atoms with Crippen LogP contribution >= 0.6 is 0 Å². The van der Waals surface area contributed by atoms with Crippen molar-refractivity contribution >= 4 is 0 Å². The summed E-state index contributed by atoms with van der Waals surface area (Å²) in [6.07, 6.45) is 8.96. The third-order valence-electron chi connectivity index (χ3n) is 11.8. The van der Waals surface area contributed by atoms with E-state index in [1.165, 1.54) is 38.5 Å². The van der Waals surface area contributed by atoms with Crippen LogP contribution in [0.3, 0.4) is 0 Å². The third kappa shape index (κ3) is 3.93. The van der Waals surface area contributed by atoms with E-state index in [0.29, 0.717) is 40.9 Å². The lowest BCUT2D eigenvalue weighted by atomic mass is 9.44. The molecule has 0 radical (unpaired) electrons. The van der Waals surface area contributed by atoms with Crippen LogP contribution in [0, 0.1) is 58.2 Å². The van der Waals surface area contributed by atoms with Gasteiger partial charge in [0, 0.05) is 0 Å². The Bertz CT molecular complexity index is 634. The zero-order chi connectivity index (χ0) is 22.7. The summed E-state index contributed by atoms with van der Waals surface area (Å²) in [7, 11) is 0.